The van der Waals surface area contributed by atoms with E-state index in [1.54, 1.807) is 30.5 Å². The zero-order valence-electron chi connectivity index (χ0n) is 18.9. The predicted molar refractivity (Wildman–Crippen MR) is 131 cm³/mol. The average molecular weight is 510 g/mol. The molecule has 0 saturated heterocycles. The minimum atomic E-state index is -0.561. The molecule has 0 spiro atoms. The number of rotatable bonds is 9. The molecule has 2 amide bonds. The van der Waals surface area contributed by atoms with Gasteiger partial charge in [-0.15, -0.1) is 0 Å². The van der Waals surface area contributed by atoms with Crippen molar-refractivity contribution in [2.75, 3.05) is 10.6 Å². The molecular formula is C23H20ClN7O5. The van der Waals surface area contributed by atoms with Crippen LogP contribution in [0, 0.1) is 10.1 Å². The van der Waals surface area contributed by atoms with Crippen LogP contribution in [0.4, 0.5) is 17.1 Å². The minimum absolute atomic E-state index is 0.0598. The number of ether oxygens (including phenoxy) is 1. The number of hydrogen-bond acceptors (Lipinski definition) is 7. The van der Waals surface area contributed by atoms with Gasteiger partial charge in [0, 0.05) is 36.8 Å². The van der Waals surface area contributed by atoms with E-state index in [0.717, 1.165) is 0 Å². The highest BCUT2D eigenvalue weighted by molar-refractivity contribution is 6.32. The predicted octanol–water partition coefficient (Wildman–Crippen LogP) is 4.20. The van der Waals surface area contributed by atoms with E-state index in [9.17, 15) is 19.7 Å². The number of aromatic nitrogens is 4. The van der Waals surface area contributed by atoms with Crippen molar-refractivity contribution >= 4 is 40.5 Å². The number of nitro groups is 1. The summed E-state index contributed by atoms with van der Waals surface area (Å²) in [5.74, 6) is -0.793. The molecule has 2 aromatic heterocycles. The van der Waals surface area contributed by atoms with E-state index >= 15 is 0 Å². The topological polar surface area (TPSA) is 146 Å². The third kappa shape index (κ3) is 5.67. The van der Waals surface area contributed by atoms with Crippen molar-refractivity contribution in [2.45, 2.75) is 20.2 Å². The number of non-ortho nitro benzene ring substituents is 1. The number of para-hydroxylation sites is 1. The van der Waals surface area contributed by atoms with E-state index in [4.69, 9.17) is 16.3 Å². The molecule has 0 aliphatic rings. The van der Waals surface area contributed by atoms with Gasteiger partial charge in [-0.25, -0.2) is 4.68 Å². The Hall–Kier alpha value is -4.71. The van der Waals surface area contributed by atoms with Crippen molar-refractivity contribution in [1.82, 2.24) is 19.6 Å². The normalized spacial score (nSPS) is 10.6. The van der Waals surface area contributed by atoms with Gasteiger partial charge in [0.2, 0.25) is 0 Å². The zero-order chi connectivity index (χ0) is 25.7. The SMILES string of the molecule is CCn1cc(NC(=O)c2ccn(COc3ccc([N+](=O)[O-])cc3Cl)n2)c(C(=O)Nc2ccccc2)n1. The first-order chi connectivity index (χ1) is 17.3. The van der Waals surface area contributed by atoms with Gasteiger partial charge >= 0.3 is 0 Å². The summed E-state index contributed by atoms with van der Waals surface area (Å²) in [6.45, 7) is 2.26. The second-order valence-corrected chi connectivity index (χ2v) is 7.81. The van der Waals surface area contributed by atoms with Crippen molar-refractivity contribution in [1.29, 1.82) is 0 Å². The Morgan fingerprint density at radius 2 is 1.83 bits per heavy atom. The molecule has 13 heteroatoms. The fraction of sp³-hybridized carbons (Fsp3) is 0.130. The molecule has 4 rings (SSSR count). The van der Waals surface area contributed by atoms with Crippen LogP contribution in [0.5, 0.6) is 5.75 Å². The van der Waals surface area contributed by atoms with Crippen molar-refractivity contribution in [2.24, 2.45) is 0 Å². The average Bonchev–Trinajstić information content (AvgIpc) is 3.51. The molecule has 0 bridgehead atoms. The van der Waals surface area contributed by atoms with Gasteiger partial charge < -0.3 is 15.4 Å². The molecule has 0 fully saturated rings. The van der Waals surface area contributed by atoms with Gasteiger partial charge in [-0.1, -0.05) is 29.8 Å². The number of nitrogens with zero attached hydrogens (tertiary/aromatic N) is 5. The number of carbonyl (C=O) groups is 2. The van der Waals surface area contributed by atoms with Crippen LogP contribution in [0.2, 0.25) is 5.02 Å². The Labute approximate surface area is 209 Å². The Kier molecular flexibility index (Phi) is 7.25. The molecule has 0 saturated carbocycles. The number of anilines is 2. The van der Waals surface area contributed by atoms with E-state index in [1.165, 1.54) is 39.8 Å². The monoisotopic (exact) mass is 509 g/mol. The Morgan fingerprint density at radius 1 is 1.06 bits per heavy atom. The summed E-state index contributed by atoms with van der Waals surface area (Å²) in [6, 6.07) is 14.2. The number of carbonyl (C=O) groups excluding carboxylic acids is 2. The second-order valence-electron chi connectivity index (χ2n) is 7.41. The van der Waals surface area contributed by atoms with E-state index < -0.39 is 16.7 Å². The number of halogens is 1. The van der Waals surface area contributed by atoms with Gasteiger partial charge in [0.05, 0.1) is 15.6 Å². The van der Waals surface area contributed by atoms with Gasteiger partial charge in [-0.2, -0.15) is 10.2 Å². The number of benzene rings is 2. The molecule has 2 aromatic carbocycles. The van der Waals surface area contributed by atoms with Crippen LogP contribution < -0.4 is 15.4 Å². The number of aryl methyl sites for hydroxylation is 1. The number of nitro benzene ring substituents is 1. The lowest BCUT2D eigenvalue weighted by atomic mass is 10.3. The summed E-state index contributed by atoms with van der Waals surface area (Å²) in [5, 5.41) is 24.7. The molecular weight excluding hydrogens is 490 g/mol. The fourth-order valence-corrected chi connectivity index (χ4v) is 3.38. The quantitative estimate of drug-likeness (QED) is 0.254. The molecule has 0 aliphatic heterocycles. The lowest BCUT2D eigenvalue weighted by molar-refractivity contribution is -0.384. The summed E-state index contributed by atoms with van der Waals surface area (Å²) in [5.41, 5.74) is 0.807. The standard InChI is InChI=1S/C23H20ClN7O5/c1-2-29-13-19(21(28-29)23(33)25-15-6-4-3-5-7-15)26-22(32)18-10-11-30(27-18)14-36-20-9-8-16(31(34)35)12-17(20)24/h3-13H,2,14H2,1H3,(H,25,33)(H,26,32). The van der Waals surface area contributed by atoms with Crippen molar-refractivity contribution in [3.63, 3.8) is 0 Å². The molecule has 184 valence electrons. The molecule has 4 aromatic rings. The van der Waals surface area contributed by atoms with Gasteiger partial charge in [-0.3, -0.25) is 24.4 Å². The van der Waals surface area contributed by atoms with E-state index in [1.807, 2.05) is 13.0 Å². The van der Waals surface area contributed by atoms with Crippen LogP contribution in [0.1, 0.15) is 27.9 Å². The summed E-state index contributed by atoms with van der Waals surface area (Å²) in [6.07, 6.45) is 3.08. The molecule has 2 heterocycles. The molecule has 0 atom stereocenters. The van der Waals surface area contributed by atoms with Crippen LogP contribution in [0.3, 0.4) is 0 Å². The van der Waals surface area contributed by atoms with Crippen LogP contribution >= 0.6 is 11.6 Å². The highest BCUT2D eigenvalue weighted by atomic mass is 35.5. The number of amides is 2. The van der Waals surface area contributed by atoms with Crippen LogP contribution in [0.25, 0.3) is 0 Å². The summed E-state index contributed by atoms with van der Waals surface area (Å²) in [4.78, 5) is 35.8. The first-order valence-electron chi connectivity index (χ1n) is 10.7. The maximum absolute atomic E-state index is 12.8. The number of hydrogen-bond donors (Lipinski definition) is 2. The first kappa shape index (κ1) is 24.4. The van der Waals surface area contributed by atoms with Crippen LogP contribution in [-0.4, -0.2) is 36.3 Å². The maximum atomic E-state index is 12.8. The minimum Gasteiger partial charge on any atom is -0.470 e. The molecule has 36 heavy (non-hydrogen) atoms. The van der Waals surface area contributed by atoms with Crippen LogP contribution in [-0.2, 0) is 13.3 Å². The second kappa shape index (κ2) is 10.7. The van der Waals surface area contributed by atoms with Crippen molar-refractivity contribution < 1.29 is 19.2 Å². The smallest absolute Gasteiger partial charge is 0.278 e. The number of nitrogens with one attached hydrogen (secondary N) is 2. The van der Waals surface area contributed by atoms with Gasteiger partial charge in [0.15, 0.2) is 18.1 Å². The van der Waals surface area contributed by atoms with Gasteiger partial charge in [-0.05, 0) is 31.2 Å². The molecule has 0 radical (unpaired) electrons. The van der Waals surface area contributed by atoms with E-state index in [-0.39, 0.29) is 40.3 Å². The van der Waals surface area contributed by atoms with E-state index in [2.05, 4.69) is 20.8 Å². The van der Waals surface area contributed by atoms with Crippen LogP contribution in [0.15, 0.2) is 67.0 Å². The Morgan fingerprint density at radius 3 is 2.53 bits per heavy atom. The van der Waals surface area contributed by atoms with Crippen molar-refractivity contribution in [3.8, 4) is 5.75 Å². The first-order valence-corrected chi connectivity index (χ1v) is 11.1. The Balaban J connectivity index is 1.43. The van der Waals surface area contributed by atoms with Gasteiger partial charge in [0.25, 0.3) is 17.5 Å². The largest absolute Gasteiger partial charge is 0.470 e. The Bertz CT molecular complexity index is 1420. The van der Waals surface area contributed by atoms with E-state index in [0.29, 0.717) is 12.2 Å². The highest BCUT2D eigenvalue weighted by Crippen LogP contribution is 2.28. The summed E-state index contributed by atoms with van der Waals surface area (Å²) >= 11 is 6.03. The lowest BCUT2D eigenvalue weighted by Gasteiger charge is -2.08. The summed E-state index contributed by atoms with van der Waals surface area (Å²) < 4.78 is 8.43. The summed E-state index contributed by atoms with van der Waals surface area (Å²) in [7, 11) is 0. The molecule has 12 nitrogen and oxygen atoms in total. The van der Waals surface area contributed by atoms with Crippen molar-refractivity contribution in [3.05, 3.63) is 93.5 Å². The lowest BCUT2D eigenvalue weighted by Crippen LogP contribution is -2.18. The third-order valence-electron chi connectivity index (χ3n) is 4.93. The fourth-order valence-electron chi connectivity index (χ4n) is 3.15. The molecule has 0 aliphatic carbocycles. The van der Waals surface area contributed by atoms with Gasteiger partial charge in [0.1, 0.15) is 5.75 Å². The third-order valence-corrected chi connectivity index (χ3v) is 5.23. The maximum Gasteiger partial charge on any atom is 0.278 e. The highest BCUT2D eigenvalue weighted by Gasteiger charge is 2.20. The molecule has 0 unspecified atom stereocenters. The molecule has 2 N–H and O–H groups in total. The zero-order valence-corrected chi connectivity index (χ0v) is 19.7.